The molecule has 0 radical (unpaired) electrons. The normalized spacial score (nSPS) is 10.7. The molecule has 1 amide bonds. The smallest absolute Gasteiger partial charge is 0.255 e. The predicted molar refractivity (Wildman–Crippen MR) is 81.9 cm³/mol. The van der Waals surface area contributed by atoms with E-state index in [1.165, 1.54) is 0 Å². The number of fused-ring (bicyclic) bond motifs is 1. The minimum Gasteiger partial charge on any atom is -0.506 e. The van der Waals surface area contributed by atoms with Crippen molar-refractivity contribution in [2.24, 2.45) is 0 Å². The van der Waals surface area contributed by atoms with Gasteiger partial charge in [0.05, 0.1) is 5.56 Å². The largest absolute Gasteiger partial charge is 0.506 e. The second-order valence-corrected chi connectivity index (χ2v) is 4.87. The molecular weight excluding hydrogens is 252 g/mol. The Kier molecular flexibility index (Phi) is 4.45. The topological polar surface area (TPSA) is 75.4 Å². The molecule has 0 heterocycles. The number of phenolic OH excluding ortho intramolecular Hbond substituents is 1. The second-order valence-electron chi connectivity index (χ2n) is 4.87. The molecule has 4 heteroatoms. The summed E-state index contributed by atoms with van der Waals surface area (Å²) in [6.45, 7) is 2.74. The van der Waals surface area contributed by atoms with Gasteiger partial charge in [-0.1, -0.05) is 38.0 Å². The zero-order valence-corrected chi connectivity index (χ0v) is 11.6. The van der Waals surface area contributed by atoms with Gasteiger partial charge < -0.3 is 16.2 Å². The minimum atomic E-state index is -0.247. The maximum Gasteiger partial charge on any atom is 0.255 e. The molecule has 20 heavy (non-hydrogen) atoms. The highest BCUT2D eigenvalue weighted by atomic mass is 16.3. The number of carbonyl (C=O) groups is 1. The van der Waals surface area contributed by atoms with Gasteiger partial charge in [0, 0.05) is 23.0 Å². The molecule has 0 aliphatic carbocycles. The first-order valence-electron chi connectivity index (χ1n) is 6.93. The molecule has 0 spiro atoms. The highest BCUT2D eigenvalue weighted by Crippen LogP contribution is 2.31. The van der Waals surface area contributed by atoms with Crippen LogP contribution >= 0.6 is 0 Å². The Morgan fingerprint density at radius 3 is 2.75 bits per heavy atom. The van der Waals surface area contributed by atoms with Crippen LogP contribution in [-0.4, -0.2) is 17.6 Å². The zero-order chi connectivity index (χ0) is 14.5. The van der Waals surface area contributed by atoms with Gasteiger partial charge in [0.1, 0.15) is 5.75 Å². The van der Waals surface area contributed by atoms with Crippen LogP contribution < -0.4 is 11.1 Å². The Balaban J connectivity index is 2.22. The van der Waals surface area contributed by atoms with Crippen molar-refractivity contribution < 1.29 is 9.90 Å². The quantitative estimate of drug-likeness (QED) is 0.578. The molecule has 2 aromatic rings. The monoisotopic (exact) mass is 272 g/mol. The zero-order valence-electron chi connectivity index (χ0n) is 11.6. The first-order chi connectivity index (χ1) is 9.65. The third-order valence-corrected chi connectivity index (χ3v) is 3.38. The van der Waals surface area contributed by atoms with E-state index in [4.69, 9.17) is 5.73 Å². The van der Waals surface area contributed by atoms with Crippen LogP contribution in [0.3, 0.4) is 0 Å². The van der Waals surface area contributed by atoms with Gasteiger partial charge in [0.2, 0.25) is 0 Å². The summed E-state index contributed by atoms with van der Waals surface area (Å²) in [6, 6.07) is 8.68. The number of nitrogens with two attached hydrogens (primary N) is 1. The van der Waals surface area contributed by atoms with Crippen molar-refractivity contribution in [1.82, 2.24) is 5.32 Å². The summed E-state index contributed by atoms with van der Waals surface area (Å²) in [5, 5.41) is 14.4. The van der Waals surface area contributed by atoms with E-state index >= 15 is 0 Å². The van der Waals surface area contributed by atoms with Gasteiger partial charge in [-0.05, 0) is 18.6 Å². The number of carbonyl (C=O) groups excluding carboxylic acids is 1. The summed E-state index contributed by atoms with van der Waals surface area (Å²) >= 11 is 0. The van der Waals surface area contributed by atoms with E-state index in [-0.39, 0.29) is 11.7 Å². The van der Waals surface area contributed by atoms with E-state index in [2.05, 4.69) is 12.2 Å². The number of nitrogen functional groups attached to an aromatic ring is 1. The number of benzene rings is 2. The Morgan fingerprint density at radius 2 is 2.00 bits per heavy atom. The molecule has 0 saturated carbocycles. The first kappa shape index (κ1) is 14.2. The maximum absolute atomic E-state index is 12.1. The molecule has 0 saturated heterocycles. The number of rotatable bonds is 5. The molecule has 4 nitrogen and oxygen atoms in total. The number of anilines is 1. The molecule has 0 unspecified atom stereocenters. The van der Waals surface area contributed by atoms with Crippen LogP contribution in [0.1, 0.15) is 36.5 Å². The van der Waals surface area contributed by atoms with E-state index in [9.17, 15) is 9.90 Å². The van der Waals surface area contributed by atoms with Gasteiger partial charge in [-0.3, -0.25) is 4.79 Å². The molecule has 0 bridgehead atoms. The lowest BCUT2D eigenvalue weighted by Crippen LogP contribution is -2.24. The molecule has 0 aromatic heterocycles. The summed E-state index contributed by atoms with van der Waals surface area (Å²) in [6.07, 6.45) is 3.14. The molecule has 0 atom stereocenters. The van der Waals surface area contributed by atoms with Crippen LogP contribution in [0.15, 0.2) is 30.3 Å². The highest BCUT2D eigenvalue weighted by Gasteiger charge is 2.14. The fourth-order valence-electron chi connectivity index (χ4n) is 2.22. The summed E-state index contributed by atoms with van der Waals surface area (Å²) in [7, 11) is 0. The fraction of sp³-hybridized carbons (Fsp3) is 0.312. The Hall–Kier alpha value is -2.23. The lowest BCUT2D eigenvalue weighted by Gasteiger charge is -2.10. The summed E-state index contributed by atoms with van der Waals surface area (Å²) < 4.78 is 0. The molecule has 0 fully saturated rings. The van der Waals surface area contributed by atoms with E-state index in [0.29, 0.717) is 23.2 Å². The van der Waals surface area contributed by atoms with Crippen LogP contribution in [-0.2, 0) is 0 Å². The first-order valence-corrected chi connectivity index (χ1v) is 6.93. The molecule has 0 aliphatic heterocycles. The van der Waals surface area contributed by atoms with Gasteiger partial charge in [-0.15, -0.1) is 0 Å². The van der Waals surface area contributed by atoms with Crippen molar-refractivity contribution in [1.29, 1.82) is 0 Å². The van der Waals surface area contributed by atoms with Crippen molar-refractivity contribution in [3.63, 3.8) is 0 Å². The van der Waals surface area contributed by atoms with Crippen molar-refractivity contribution in [2.45, 2.75) is 26.2 Å². The predicted octanol–water partition coefficient (Wildman–Crippen LogP) is 3.05. The Morgan fingerprint density at radius 1 is 1.20 bits per heavy atom. The lowest BCUT2D eigenvalue weighted by atomic mass is 10.0. The fourth-order valence-corrected chi connectivity index (χ4v) is 2.22. The SMILES string of the molecule is CCCCCNC(=O)c1ccc2c(N)cccc2c1O. The molecule has 106 valence electrons. The van der Waals surface area contributed by atoms with Gasteiger partial charge in [0.15, 0.2) is 0 Å². The third-order valence-electron chi connectivity index (χ3n) is 3.38. The van der Waals surface area contributed by atoms with Gasteiger partial charge in [-0.2, -0.15) is 0 Å². The summed E-state index contributed by atoms with van der Waals surface area (Å²) in [4.78, 5) is 12.1. The van der Waals surface area contributed by atoms with Gasteiger partial charge >= 0.3 is 0 Å². The third kappa shape index (κ3) is 2.85. The van der Waals surface area contributed by atoms with Crippen molar-refractivity contribution in [3.05, 3.63) is 35.9 Å². The van der Waals surface area contributed by atoms with Crippen LogP contribution in [0.25, 0.3) is 10.8 Å². The van der Waals surface area contributed by atoms with Crippen molar-refractivity contribution in [2.75, 3.05) is 12.3 Å². The summed E-state index contributed by atoms with van der Waals surface area (Å²) in [5.41, 5.74) is 6.73. The highest BCUT2D eigenvalue weighted by molar-refractivity contribution is 6.06. The van der Waals surface area contributed by atoms with Crippen LogP contribution in [0.2, 0.25) is 0 Å². The van der Waals surface area contributed by atoms with E-state index in [1.807, 2.05) is 0 Å². The van der Waals surface area contributed by atoms with Gasteiger partial charge in [-0.25, -0.2) is 0 Å². The molecule has 2 aromatic carbocycles. The number of amides is 1. The Bertz CT molecular complexity index is 623. The maximum atomic E-state index is 12.1. The van der Waals surface area contributed by atoms with E-state index in [1.54, 1.807) is 30.3 Å². The van der Waals surface area contributed by atoms with Crippen molar-refractivity contribution >= 4 is 22.4 Å². The van der Waals surface area contributed by atoms with E-state index in [0.717, 1.165) is 24.6 Å². The van der Waals surface area contributed by atoms with Crippen LogP contribution in [0.5, 0.6) is 5.75 Å². The lowest BCUT2D eigenvalue weighted by molar-refractivity contribution is 0.0950. The number of unbranched alkanes of at least 4 members (excludes halogenated alkanes) is 2. The van der Waals surface area contributed by atoms with E-state index < -0.39 is 0 Å². The number of nitrogens with one attached hydrogen (secondary N) is 1. The average Bonchev–Trinajstić information content (AvgIpc) is 2.45. The number of aromatic hydroxyl groups is 1. The molecule has 2 rings (SSSR count). The molecular formula is C16H20N2O2. The molecule has 0 aliphatic rings. The molecule has 4 N–H and O–H groups in total. The van der Waals surface area contributed by atoms with Crippen LogP contribution in [0.4, 0.5) is 5.69 Å². The number of hydrogen-bond donors (Lipinski definition) is 3. The minimum absolute atomic E-state index is 0.0113. The Labute approximate surface area is 118 Å². The van der Waals surface area contributed by atoms with Gasteiger partial charge in [0.25, 0.3) is 5.91 Å². The average molecular weight is 272 g/mol. The summed E-state index contributed by atoms with van der Waals surface area (Å²) in [5.74, 6) is -0.259. The number of phenols is 1. The standard InChI is InChI=1S/C16H20N2O2/c1-2-3-4-10-18-16(20)13-9-8-11-12(15(13)19)6-5-7-14(11)17/h5-9,19H,2-4,10,17H2,1H3,(H,18,20). The number of hydrogen-bond acceptors (Lipinski definition) is 3. The van der Waals surface area contributed by atoms with Crippen LogP contribution in [0, 0.1) is 0 Å². The second kappa shape index (κ2) is 6.28. The van der Waals surface area contributed by atoms with Crippen molar-refractivity contribution in [3.8, 4) is 5.75 Å².